The molecule has 0 saturated heterocycles. The van der Waals surface area contributed by atoms with Crippen molar-refractivity contribution in [2.45, 2.75) is 13.5 Å². The third-order valence-corrected chi connectivity index (χ3v) is 3.44. The van der Waals surface area contributed by atoms with Crippen LogP contribution >= 0.6 is 27.5 Å². The zero-order valence-corrected chi connectivity index (χ0v) is 12.1. The van der Waals surface area contributed by atoms with Crippen LogP contribution in [0.4, 0.5) is 10.1 Å². The van der Waals surface area contributed by atoms with E-state index in [0.29, 0.717) is 6.54 Å². The van der Waals surface area contributed by atoms with Gasteiger partial charge in [0, 0.05) is 16.7 Å². The molecular weight excluding hydrogens is 317 g/mol. The van der Waals surface area contributed by atoms with Gasteiger partial charge in [-0.3, -0.25) is 0 Å². The maximum absolute atomic E-state index is 13.3. The standard InChI is InChI=1S/C14H12BrClFN/c1-9-5-11(15)7-12(6-9)18-8-10-3-2-4-13(17)14(10)16/h2-7,18H,8H2,1H3. The van der Waals surface area contributed by atoms with Gasteiger partial charge in [0.1, 0.15) is 5.82 Å². The lowest BCUT2D eigenvalue weighted by molar-refractivity contribution is 0.626. The summed E-state index contributed by atoms with van der Waals surface area (Å²) in [5.41, 5.74) is 2.87. The smallest absolute Gasteiger partial charge is 0.142 e. The summed E-state index contributed by atoms with van der Waals surface area (Å²) in [6.07, 6.45) is 0. The first-order chi connectivity index (χ1) is 8.56. The number of halogens is 3. The summed E-state index contributed by atoms with van der Waals surface area (Å²) in [6, 6.07) is 10.8. The number of aryl methyl sites for hydroxylation is 1. The van der Waals surface area contributed by atoms with Crippen molar-refractivity contribution < 1.29 is 4.39 Å². The average Bonchev–Trinajstić information content (AvgIpc) is 2.30. The minimum atomic E-state index is -0.388. The fourth-order valence-corrected chi connectivity index (χ4v) is 2.52. The molecular formula is C14H12BrClFN. The van der Waals surface area contributed by atoms with E-state index in [1.807, 2.05) is 31.2 Å². The quantitative estimate of drug-likeness (QED) is 0.820. The van der Waals surface area contributed by atoms with E-state index in [1.54, 1.807) is 6.07 Å². The maximum atomic E-state index is 13.3. The largest absolute Gasteiger partial charge is 0.381 e. The molecule has 0 aliphatic carbocycles. The molecule has 1 N–H and O–H groups in total. The Hall–Kier alpha value is -1.06. The van der Waals surface area contributed by atoms with Crippen LogP contribution < -0.4 is 5.32 Å². The van der Waals surface area contributed by atoms with Crippen LogP contribution in [0.2, 0.25) is 5.02 Å². The Kier molecular flexibility index (Phi) is 4.25. The molecule has 0 fully saturated rings. The van der Waals surface area contributed by atoms with Crippen molar-refractivity contribution >= 4 is 33.2 Å². The van der Waals surface area contributed by atoms with Crippen LogP contribution in [0.1, 0.15) is 11.1 Å². The minimum Gasteiger partial charge on any atom is -0.381 e. The van der Waals surface area contributed by atoms with E-state index >= 15 is 0 Å². The summed E-state index contributed by atoms with van der Waals surface area (Å²) in [7, 11) is 0. The molecule has 2 rings (SSSR count). The lowest BCUT2D eigenvalue weighted by atomic mass is 10.2. The van der Waals surface area contributed by atoms with E-state index in [0.717, 1.165) is 21.3 Å². The Morgan fingerprint density at radius 3 is 2.78 bits per heavy atom. The average molecular weight is 329 g/mol. The normalized spacial score (nSPS) is 10.4. The third-order valence-electron chi connectivity index (χ3n) is 2.56. The molecule has 94 valence electrons. The first-order valence-corrected chi connectivity index (χ1v) is 6.67. The van der Waals surface area contributed by atoms with Crippen molar-refractivity contribution in [2.24, 2.45) is 0 Å². The van der Waals surface area contributed by atoms with Crippen LogP contribution in [0.5, 0.6) is 0 Å². The zero-order valence-electron chi connectivity index (χ0n) is 9.81. The second-order valence-corrected chi connectivity index (χ2v) is 5.38. The second kappa shape index (κ2) is 5.72. The number of anilines is 1. The minimum absolute atomic E-state index is 0.178. The Balaban J connectivity index is 2.14. The highest BCUT2D eigenvalue weighted by atomic mass is 79.9. The van der Waals surface area contributed by atoms with Gasteiger partial charge in [-0.15, -0.1) is 0 Å². The van der Waals surface area contributed by atoms with Crippen molar-refractivity contribution in [2.75, 3.05) is 5.32 Å². The Labute approximate surface area is 119 Å². The van der Waals surface area contributed by atoms with Crippen molar-refractivity contribution in [1.82, 2.24) is 0 Å². The Bertz CT molecular complexity index is 551. The van der Waals surface area contributed by atoms with Gasteiger partial charge in [0.15, 0.2) is 0 Å². The van der Waals surface area contributed by atoms with Gasteiger partial charge in [0.05, 0.1) is 5.02 Å². The van der Waals surface area contributed by atoms with Crippen LogP contribution in [0.25, 0.3) is 0 Å². The monoisotopic (exact) mass is 327 g/mol. The van der Waals surface area contributed by atoms with E-state index < -0.39 is 0 Å². The summed E-state index contributed by atoms with van der Waals surface area (Å²) >= 11 is 9.34. The summed E-state index contributed by atoms with van der Waals surface area (Å²) in [4.78, 5) is 0. The maximum Gasteiger partial charge on any atom is 0.142 e. The summed E-state index contributed by atoms with van der Waals surface area (Å²) in [5.74, 6) is -0.388. The molecule has 4 heteroatoms. The first kappa shape index (κ1) is 13.4. The van der Waals surface area contributed by atoms with Gasteiger partial charge >= 0.3 is 0 Å². The molecule has 0 radical (unpaired) electrons. The number of benzene rings is 2. The van der Waals surface area contributed by atoms with E-state index in [-0.39, 0.29) is 10.8 Å². The van der Waals surface area contributed by atoms with E-state index in [2.05, 4.69) is 21.2 Å². The zero-order chi connectivity index (χ0) is 13.1. The molecule has 0 aromatic heterocycles. The molecule has 0 amide bonds. The van der Waals surface area contributed by atoms with Crippen molar-refractivity contribution in [3.8, 4) is 0 Å². The highest BCUT2D eigenvalue weighted by Crippen LogP contribution is 2.23. The van der Waals surface area contributed by atoms with Gasteiger partial charge in [-0.25, -0.2) is 4.39 Å². The topological polar surface area (TPSA) is 12.0 Å². The van der Waals surface area contributed by atoms with Gasteiger partial charge in [0.2, 0.25) is 0 Å². The number of nitrogens with one attached hydrogen (secondary N) is 1. The van der Waals surface area contributed by atoms with Gasteiger partial charge < -0.3 is 5.32 Å². The number of rotatable bonds is 3. The van der Waals surface area contributed by atoms with Crippen molar-refractivity contribution in [3.05, 3.63) is 62.8 Å². The molecule has 0 atom stereocenters. The second-order valence-electron chi connectivity index (χ2n) is 4.08. The molecule has 0 bridgehead atoms. The van der Waals surface area contributed by atoms with Crippen molar-refractivity contribution in [1.29, 1.82) is 0 Å². The Morgan fingerprint density at radius 2 is 2.06 bits per heavy atom. The van der Waals surface area contributed by atoms with Crippen LogP contribution in [0, 0.1) is 12.7 Å². The molecule has 0 spiro atoms. The number of hydrogen-bond acceptors (Lipinski definition) is 1. The van der Waals surface area contributed by atoms with Gasteiger partial charge in [-0.05, 0) is 42.3 Å². The van der Waals surface area contributed by atoms with E-state index in [1.165, 1.54) is 6.07 Å². The molecule has 0 saturated carbocycles. The summed E-state index contributed by atoms with van der Waals surface area (Å²) < 4.78 is 14.3. The fraction of sp³-hybridized carbons (Fsp3) is 0.143. The van der Waals surface area contributed by atoms with Crippen LogP contribution in [0.15, 0.2) is 40.9 Å². The summed E-state index contributed by atoms with van der Waals surface area (Å²) in [5, 5.41) is 3.41. The molecule has 2 aromatic rings. The fourth-order valence-electron chi connectivity index (χ4n) is 1.72. The van der Waals surface area contributed by atoms with Crippen molar-refractivity contribution in [3.63, 3.8) is 0 Å². The number of hydrogen-bond donors (Lipinski definition) is 1. The molecule has 0 unspecified atom stereocenters. The molecule has 18 heavy (non-hydrogen) atoms. The van der Waals surface area contributed by atoms with Crippen LogP contribution in [-0.2, 0) is 6.54 Å². The lowest BCUT2D eigenvalue weighted by Gasteiger charge is -2.09. The third kappa shape index (κ3) is 3.24. The van der Waals surface area contributed by atoms with Crippen LogP contribution in [0.3, 0.4) is 0 Å². The SMILES string of the molecule is Cc1cc(Br)cc(NCc2cccc(F)c2Cl)c1. The lowest BCUT2D eigenvalue weighted by Crippen LogP contribution is -2.01. The Morgan fingerprint density at radius 1 is 1.28 bits per heavy atom. The van der Waals surface area contributed by atoms with E-state index in [4.69, 9.17) is 11.6 Å². The molecule has 0 aliphatic rings. The predicted molar refractivity (Wildman–Crippen MR) is 77.6 cm³/mol. The van der Waals surface area contributed by atoms with Gasteiger partial charge in [-0.1, -0.05) is 39.7 Å². The highest BCUT2D eigenvalue weighted by Gasteiger charge is 2.05. The van der Waals surface area contributed by atoms with E-state index in [9.17, 15) is 4.39 Å². The van der Waals surface area contributed by atoms with Gasteiger partial charge in [0.25, 0.3) is 0 Å². The molecule has 2 aromatic carbocycles. The summed E-state index contributed by atoms with van der Waals surface area (Å²) in [6.45, 7) is 2.51. The molecule has 0 aliphatic heterocycles. The molecule has 1 nitrogen and oxygen atoms in total. The first-order valence-electron chi connectivity index (χ1n) is 5.50. The predicted octanol–water partition coefficient (Wildman–Crippen LogP) is 5.16. The molecule has 0 heterocycles. The van der Waals surface area contributed by atoms with Gasteiger partial charge in [-0.2, -0.15) is 0 Å². The highest BCUT2D eigenvalue weighted by molar-refractivity contribution is 9.10. The van der Waals surface area contributed by atoms with Crippen LogP contribution in [-0.4, -0.2) is 0 Å².